The molecule has 0 atom stereocenters. The molecule has 0 radical (unpaired) electrons. The third-order valence-electron chi connectivity index (χ3n) is 3.59. The molecule has 1 aromatic carbocycles. The number of likely N-dealkylation sites (N-methyl/N-ethyl adjacent to an activating group) is 1. The number of carbonyl (C=O) groups is 2. The highest BCUT2D eigenvalue weighted by molar-refractivity contribution is 6.43. The number of amides is 1. The van der Waals surface area contributed by atoms with Gasteiger partial charge in [0.15, 0.2) is 0 Å². The lowest BCUT2D eigenvalue weighted by Crippen LogP contribution is -2.31. The first-order chi connectivity index (χ1) is 11.1. The second-order valence-corrected chi connectivity index (χ2v) is 5.53. The monoisotopic (exact) mass is 326 g/mol. The summed E-state index contributed by atoms with van der Waals surface area (Å²) in [6, 6.07) is 14.7. The molecule has 1 amide bonds. The van der Waals surface area contributed by atoms with E-state index in [0.29, 0.717) is 22.8 Å². The zero-order valence-corrected chi connectivity index (χ0v) is 13.3. The lowest BCUT2D eigenvalue weighted by molar-refractivity contribution is -0.116. The molecule has 2 heterocycles. The fourth-order valence-electron chi connectivity index (χ4n) is 2.55. The number of hydrogen-bond donors (Lipinski definition) is 1. The van der Waals surface area contributed by atoms with Crippen LogP contribution in [0.1, 0.15) is 17.4 Å². The number of nitrogens with zero attached hydrogens (tertiary/aromatic N) is 1. The zero-order chi connectivity index (χ0) is 16.4. The summed E-state index contributed by atoms with van der Waals surface area (Å²) in [4.78, 5) is 24.6. The molecule has 116 valence electrons. The van der Waals surface area contributed by atoms with Crippen molar-refractivity contribution < 1.29 is 9.59 Å². The third kappa shape index (κ3) is 2.85. The molecule has 23 heavy (non-hydrogen) atoms. The average molecular weight is 327 g/mol. The molecule has 0 saturated heterocycles. The lowest BCUT2D eigenvalue weighted by atomic mass is 10.0. The Kier molecular flexibility index (Phi) is 4.17. The summed E-state index contributed by atoms with van der Waals surface area (Å²) in [5.41, 5.74) is 2.76. The molecular formula is C18H15ClN2O2. The van der Waals surface area contributed by atoms with Crippen LogP contribution in [0.15, 0.2) is 54.7 Å². The van der Waals surface area contributed by atoms with Crippen molar-refractivity contribution in [3.8, 4) is 11.1 Å². The molecule has 2 aromatic heterocycles. The van der Waals surface area contributed by atoms with Gasteiger partial charge in [0.1, 0.15) is 5.69 Å². The minimum absolute atomic E-state index is 0.355. The van der Waals surface area contributed by atoms with Crippen LogP contribution in [0.4, 0.5) is 0 Å². The molecule has 5 heteroatoms. The van der Waals surface area contributed by atoms with Gasteiger partial charge in [0, 0.05) is 28.8 Å². The Hall–Kier alpha value is -2.59. The molecule has 0 bridgehead atoms. The van der Waals surface area contributed by atoms with Gasteiger partial charge in [0.25, 0.3) is 11.7 Å². The molecule has 3 aromatic rings. The Morgan fingerprint density at radius 2 is 1.87 bits per heavy atom. The molecule has 3 rings (SSSR count). The highest BCUT2D eigenvalue weighted by atomic mass is 35.5. The van der Waals surface area contributed by atoms with Crippen LogP contribution in [0.2, 0.25) is 5.02 Å². The number of benzene rings is 1. The van der Waals surface area contributed by atoms with E-state index < -0.39 is 11.7 Å². The Balaban J connectivity index is 2.21. The molecule has 0 spiro atoms. The number of fused-ring (bicyclic) bond motifs is 1. The van der Waals surface area contributed by atoms with Crippen molar-refractivity contribution in [2.24, 2.45) is 0 Å². The Morgan fingerprint density at radius 1 is 1.13 bits per heavy atom. The van der Waals surface area contributed by atoms with E-state index in [-0.39, 0.29) is 0 Å². The molecule has 0 unspecified atom stereocenters. The van der Waals surface area contributed by atoms with Crippen molar-refractivity contribution in [2.75, 3.05) is 6.54 Å². The van der Waals surface area contributed by atoms with Crippen LogP contribution in [-0.4, -0.2) is 22.6 Å². The first kappa shape index (κ1) is 15.3. The highest BCUT2D eigenvalue weighted by Crippen LogP contribution is 2.29. The molecule has 0 saturated carbocycles. The molecule has 0 aliphatic heterocycles. The van der Waals surface area contributed by atoms with E-state index in [4.69, 9.17) is 11.6 Å². The number of ketones is 1. The smallest absolute Gasteiger partial charge is 0.294 e. The maximum absolute atomic E-state index is 12.6. The first-order valence-electron chi connectivity index (χ1n) is 7.30. The lowest BCUT2D eigenvalue weighted by Gasteiger charge is -2.06. The van der Waals surface area contributed by atoms with E-state index in [1.54, 1.807) is 29.7 Å². The third-order valence-corrected chi connectivity index (χ3v) is 3.85. The van der Waals surface area contributed by atoms with Gasteiger partial charge in [-0.3, -0.25) is 9.59 Å². The van der Waals surface area contributed by atoms with Gasteiger partial charge in [-0.15, -0.1) is 0 Å². The summed E-state index contributed by atoms with van der Waals surface area (Å²) in [7, 11) is 0. The first-order valence-corrected chi connectivity index (χ1v) is 7.68. The van der Waals surface area contributed by atoms with Crippen molar-refractivity contribution in [1.29, 1.82) is 0 Å². The van der Waals surface area contributed by atoms with Crippen molar-refractivity contribution in [3.05, 3.63) is 65.4 Å². The Labute approximate surface area is 138 Å². The predicted octanol–water partition coefficient (Wildman–Crippen LogP) is 3.58. The number of nitrogens with one attached hydrogen (secondary N) is 1. The number of Topliss-reactive ketones (excluding diaryl/α,β-unsaturated/α-hetero) is 1. The summed E-state index contributed by atoms with van der Waals surface area (Å²) < 4.78 is 1.74. The van der Waals surface area contributed by atoms with Crippen LogP contribution in [0, 0.1) is 0 Å². The molecule has 0 aliphatic carbocycles. The summed E-state index contributed by atoms with van der Waals surface area (Å²) >= 11 is 5.94. The second-order valence-electron chi connectivity index (χ2n) is 5.10. The number of pyridine rings is 1. The maximum Gasteiger partial charge on any atom is 0.294 e. The average Bonchev–Trinajstić information content (AvgIpc) is 2.94. The largest absolute Gasteiger partial charge is 0.349 e. The van der Waals surface area contributed by atoms with Crippen molar-refractivity contribution in [3.63, 3.8) is 0 Å². The summed E-state index contributed by atoms with van der Waals surface area (Å²) in [5, 5.41) is 3.18. The Morgan fingerprint density at radius 3 is 2.57 bits per heavy atom. The van der Waals surface area contributed by atoms with Gasteiger partial charge in [-0.2, -0.15) is 0 Å². The van der Waals surface area contributed by atoms with Gasteiger partial charge in [-0.25, -0.2) is 0 Å². The van der Waals surface area contributed by atoms with Crippen LogP contribution in [0.5, 0.6) is 0 Å². The minimum atomic E-state index is -0.605. The normalized spacial score (nSPS) is 10.7. The number of hydrogen-bond acceptors (Lipinski definition) is 2. The van der Waals surface area contributed by atoms with E-state index in [1.807, 2.05) is 36.4 Å². The fraction of sp³-hybridized carbons (Fsp3) is 0.111. The molecule has 4 nitrogen and oxygen atoms in total. The van der Waals surface area contributed by atoms with E-state index in [0.717, 1.165) is 11.1 Å². The Bertz CT molecular complexity index is 882. The number of aromatic nitrogens is 1. The number of halogens is 1. The molecule has 0 fully saturated rings. The van der Waals surface area contributed by atoms with Crippen molar-refractivity contribution in [2.45, 2.75) is 6.92 Å². The summed E-state index contributed by atoms with van der Waals surface area (Å²) in [5.74, 6) is -1.16. The fourth-order valence-corrected chi connectivity index (χ4v) is 2.68. The van der Waals surface area contributed by atoms with Gasteiger partial charge >= 0.3 is 0 Å². The van der Waals surface area contributed by atoms with Crippen LogP contribution < -0.4 is 5.32 Å². The van der Waals surface area contributed by atoms with E-state index >= 15 is 0 Å². The van der Waals surface area contributed by atoms with Gasteiger partial charge < -0.3 is 9.72 Å². The quantitative estimate of drug-likeness (QED) is 0.588. The summed E-state index contributed by atoms with van der Waals surface area (Å²) in [6.45, 7) is 2.19. The maximum atomic E-state index is 12.6. The van der Waals surface area contributed by atoms with Gasteiger partial charge in [-0.05, 0) is 42.8 Å². The number of rotatable bonds is 4. The van der Waals surface area contributed by atoms with E-state index in [9.17, 15) is 9.59 Å². The van der Waals surface area contributed by atoms with Crippen LogP contribution in [0.25, 0.3) is 16.6 Å². The van der Waals surface area contributed by atoms with Gasteiger partial charge in [0.05, 0.1) is 0 Å². The standard InChI is InChI=1S/C18H15ClN2O2/c1-2-20-18(23)17(22)16-15(12-6-8-13(19)9-7-12)11-14-5-3-4-10-21(14)16/h3-11H,2H2,1H3,(H,20,23). The topological polar surface area (TPSA) is 50.6 Å². The predicted molar refractivity (Wildman–Crippen MR) is 90.9 cm³/mol. The van der Waals surface area contributed by atoms with Crippen molar-refractivity contribution >= 4 is 28.8 Å². The molecule has 0 aliphatic rings. The van der Waals surface area contributed by atoms with E-state index in [1.165, 1.54) is 0 Å². The zero-order valence-electron chi connectivity index (χ0n) is 12.5. The van der Waals surface area contributed by atoms with E-state index in [2.05, 4.69) is 5.32 Å². The summed E-state index contributed by atoms with van der Waals surface area (Å²) in [6.07, 6.45) is 1.78. The minimum Gasteiger partial charge on any atom is -0.349 e. The second kappa shape index (κ2) is 6.26. The molecular weight excluding hydrogens is 312 g/mol. The van der Waals surface area contributed by atoms with Crippen LogP contribution in [0.3, 0.4) is 0 Å². The van der Waals surface area contributed by atoms with Crippen LogP contribution >= 0.6 is 11.6 Å². The van der Waals surface area contributed by atoms with Gasteiger partial charge in [-0.1, -0.05) is 29.8 Å². The highest BCUT2D eigenvalue weighted by Gasteiger charge is 2.24. The van der Waals surface area contributed by atoms with Gasteiger partial charge in [0.2, 0.25) is 0 Å². The van der Waals surface area contributed by atoms with Crippen LogP contribution in [-0.2, 0) is 4.79 Å². The van der Waals surface area contributed by atoms with Crippen molar-refractivity contribution in [1.82, 2.24) is 9.72 Å². The molecule has 1 N–H and O–H groups in total. The number of carbonyl (C=O) groups excluding carboxylic acids is 2. The SMILES string of the molecule is CCNC(=O)C(=O)c1c(-c2ccc(Cl)cc2)cc2ccccn12.